The first kappa shape index (κ1) is 15.1. The van der Waals surface area contributed by atoms with E-state index in [9.17, 15) is 4.79 Å². The van der Waals surface area contributed by atoms with Crippen LogP contribution in [0.1, 0.15) is 27.4 Å². The number of Topliss-reactive ketones (excluding diaryl/α,β-unsaturated/α-hetero) is 1. The number of nitrogens with zero attached hydrogens (tertiary/aromatic N) is 2. The van der Waals surface area contributed by atoms with Gasteiger partial charge < -0.3 is 4.42 Å². The van der Waals surface area contributed by atoms with E-state index in [1.165, 1.54) is 17.3 Å². The summed E-state index contributed by atoms with van der Waals surface area (Å²) in [4.78, 5) is 12.1. The quantitative estimate of drug-likeness (QED) is 0.601. The van der Waals surface area contributed by atoms with Gasteiger partial charge in [0.2, 0.25) is 5.89 Å². The first-order valence-electron chi connectivity index (χ1n) is 6.14. The van der Waals surface area contributed by atoms with Gasteiger partial charge in [0.05, 0.1) is 11.5 Å². The van der Waals surface area contributed by atoms with Crippen LogP contribution in [0.2, 0.25) is 0 Å². The van der Waals surface area contributed by atoms with E-state index < -0.39 is 0 Å². The molecule has 0 bridgehead atoms. The number of benzene rings is 1. The Morgan fingerprint density at radius 1 is 1.25 bits per heavy atom. The molecule has 1 aromatic carbocycles. The average Bonchev–Trinajstić information content (AvgIpc) is 2.87. The Hall–Kier alpha value is -1.27. The molecule has 1 aromatic heterocycles. The van der Waals surface area contributed by atoms with Crippen LogP contribution in [0.4, 0.5) is 0 Å². The number of ketones is 1. The van der Waals surface area contributed by atoms with Crippen LogP contribution in [0.5, 0.6) is 0 Å². The number of aromatic nitrogens is 2. The van der Waals surface area contributed by atoms with Crippen molar-refractivity contribution in [1.29, 1.82) is 0 Å². The van der Waals surface area contributed by atoms with Gasteiger partial charge in [-0.25, -0.2) is 0 Å². The molecule has 0 saturated heterocycles. The lowest BCUT2D eigenvalue weighted by molar-refractivity contribution is 0.102. The largest absolute Gasteiger partial charge is 0.415 e. The van der Waals surface area contributed by atoms with Crippen molar-refractivity contribution in [2.45, 2.75) is 24.8 Å². The number of hydrogen-bond donors (Lipinski definition) is 0. The van der Waals surface area contributed by atoms with E-state index >= 15 is 0 Å². The maximum absolute atomic E-state index is 12.1. The summed E-state index contributed by atoms with van der Waals surface area (Å²) in [6, 6.07) is 5.75. The molecule has 0 radical (unpaired) electrons. The van der Waals surface area contributed by atoms with Crippen molar-refractivity contribution < 1.29 is 9.21 Å². The summed E-state index contributed by atoms with van der Waals surface area (Å²) in [5.74, 6) is 1.67. The van der Waals surface area contributed by atoms with Gasteiger partial charge in [-0.1, -0.05) is 23.9 Å². The molecule has 2 rings (SSSR count). The molecular weight excluding hydrogens is 292 g/mol. The van der Waals surface area contributed by atoms with Crippen LogP contribution in [0.25, 0.3) is 0 Å². The number of rotatable bonds is 6. The number of carbonyl (C=O) groups is 1. The molecule has 0 unspecified atom stereocenters. The maximum Gasteiger partial charge on any atom is 0.277 e. The molecule has 0 spiro atoms. The first-order chi connectivity index (χ1) is 9.60. The lowest BCUT2D eigenvalue weighted by Gasteiger charge is -2.03. The van der Waals surface area contributed by atoms with E-state index in [1.54, 1.807) is 11.8 Å². The van der Waals surface area contributed by atoms with E-state index in [0.717, 1.165) is 11.1 Å². The van der Waals surface area contributed by atoms with Crippen molar-refractivity contribution in [3.05, 3.63) is 40.8 Å². The van der Waals surface area contributed by atoms with E-state index in [1.807, 2.05) is 38.3 Å². The standard InChI is InChI=1S/C14H16N2O2S2/c1-9-4-5-11(6-10(9)2)12(17)7-20-14-16-15-13(18-14)8-19-3/h4-6H,7-8H2,1-3H3. The van der Waals surface area contributed by atoms with Crippen LogP contribution < -0.4 is 0 Å². The minimum Gasteiger partial charge on any atom is -0.415 e. The van der Waals surface area contributed by atoms with Gasteiger partial charge in [0.25, 0.3) is 5.22 Å². The smallest absolute Gasteiger partial charge is 0.277 e. The lowest BCUT2D eigenvalue weighted by Crippen LogP contribution is -2.03. The van der Waals surface area contributed by atoms with E-state index in [-0.39, 0.29) is 5.78 Å². The highest BCUT2D eigenvalue weighted by Gasteiger charge is 2.11. The molecule has 106 valence electrons. The number of hydrogen-bond acceptors (Lipinski definition) is 6. The SMILES string of the molecule is CSCc1nnc(SCC(=O)c2ccc(C)c(C)c2)o1. The first-order valence-corrected chi connectivity index (χ1v) is 8.52. The summed E-state index contributed by atoms with van der Waals surface area (Å²) in [5, 5.41) is 8.28. The molecule has 0 fully saturated rings. The predicted octanol–water partition coefficient (Wildman–Crippen LogP) is 3.52. The van der Waals surface area contributed by atoms with Gasteiger partial charge in [0, 0.05) is 5.56 Å². The Bertz CT molecular complexity index is 611. The minimum absolute atomic E-state index is 0.0720. The van der Waals surface area contributed by atoms with Crippen LogP contribution in [0, 0.1) is 13.8 Å². The summed E-state index contributed by atoms with van der Waals surface area (Å²) in [6.45, 7) is 4.04. The van der Waals surface area contributed by atoms with E-state index in [0.29, 0.717) is 22.6 Å². The third-order valence-corrected chi connectivity index (χ3v) is 4.23. The molecule has 0 amide bonds. The molecule has 0 atom stereocenters. The Kier molecular flexibility index (Phi) is 5.25. The van der Waals surface area contributed by atoms with Crippen molar-refractivity contribution in [2.75, 3.05) is 12.0 Å². The number of carbonyl (C=O) groups excluding carboxylic acids is 1. The van der Waals surface area contributed by atoms with Gasteiger partial charge in [-0.3, -0.25) is 4.79 Å². The molecule has 4 nitrogen and oxygen atoms in total. The summed E-state index contributed by atoms with van der Waals surface area (Å²) in [5.41, 5.74) is 3.04. The topological polar surface area (TPSA) is 56.0 Å². The fourth-order valence-electron chi connectivity index (χ4n) is 1.60. The van der Waals surface area contributed by atoms with E-state index in [2.05, 4.69) is 10.2 Å². The summed E-state index contributed by atoms with van der Waals surface area (Å²) in [7, 11) is 0. The average molecular weight is 308 g/mol. The summed E-state index contributed by atoms with van der Waals surface area (Å²) in [6.07, 6.45) is 1.97. The lowest BCUT2D eigenvalue weighted by atomic mass is 10.0. The van der Waals surface area contributed by atoms with Gasteiger partial charge in [-0.05, 0) is 37.3 Å². The van der Waals surface area contributed by atoms with Crippen molar-refractivity contribution >= 4 is 29.3 Å². The van der Waals surface area contributed by atoms with Crippen LogP contribution in [-0.4, -0.2) is 28.0 Å². The van der Waals surface area contributed by atoms with E-state index in [4.69, 9.17) is 4.42 Å². The van der Waals surface area contributed by atoms with Gasteiger partial charge in [-0.15, -0.1) is 10.2 Å². The Morgan fingerprint density at radius 2 is 2.05 bits per heavy atom. The van der Waals surface area contributed by atoms with Gasteiger partial charge in [0.15, 0.2) is 5.78 Å². The second-order valence-electron chi connectivity index (χ2n) is 4.41. The zero-order valence-electron chi connectivity index (χ0n) is 11.7. The van der Waals surface area contributed by atoms with Crippen molar-refractivity contribution in [1.82, 2.24) is 10.2 Å². The molecular formula is C14H16N2O2S2. The minimum atomic E-state index is 0.0720. The molecule has 2 aromatic rings. The summed E-state index contributed by atoms with van der Waals surface area (Å²) >= 11 is 2.90. The van der Waals surface area contributed by atoms with Gasteiger partial charge in [0.1, 0.15) is 0 Å². The Morgan fingerprint density at radius 3 is 2.75 bits per heavy atom. The Labute approximate surface area is 126 Å². The van der Waals surface area contributed by atoms with Crippen LogP contribution in [-0.2, 0) is 5.75 Å². The maximum atomic E-state index is 12.1. The highest BCUT2D eigenvalue weighted by Crippen LogP contribution is 2.20. The molecule has 0 saturated carbocycles. The zero-order valence-corrected chi connectivity index (χ0v) is 13.3. The molecule has 0 aliphatic carbocycles. The molecule has 0 aliphatic heterocycles. The molecule has 6 heteroatoms. The summed E-state index contributed by atoms with van der Waals surface area (Å²) < 4.78 is 5.42. The number of aryl methyl sites for hydroxylation is 2. The van der Waals surface area contributed by atoms with Crippen LogP contribution >= 0.6 is 23.5 Å². The molecule has 0 N–H and O–H groups in total. The highest BCUT2D eigenvalue weighted by molar-refractivity contribution is 7.99. The van der Waals surface area contributed by atoms with Crippen molar-refractivity contribution in [3.8, 4) is 0 Å². The Balaban J connectivity index is 1.95. The van der Waals surface area contributed by atoms with Gasteiger partial charge in [-0.2, -0.15) is 11.8 Å². The molecule has 1 heterocycles. The van der Waals surface area contributed by atoms with Crippen molar-refractivity contribution in [2.24, 2.45) is 0 Å². The second-order valence-corrected chi connectivity index (χ2v) is 6.20. The normalized spacial score (nSPS) is 10.8. The highest BCUT2D eigenvalue weighted by atomic mass is 32.2. The third-order valence-electron chi connectivity index (χ3n) is 2.87. The molecule has 20 heavy (non-hydrogen) atoms. The third kappa shape index (κ3) is 3.86. The molecule has 0 aliphatic rings. The second kappa shape index (κ2) is 6.95. The predicted molar refractivity (Wildman–Crippen MR) is 82.5 cm³/mol. The van der Waals surface area contributed by atoms with Crippen molar-refractivity contribution in [3.63, 3.8) is 0 Å². The number of thioether (sulfide) groups is 2. The van der Waals surface area contributed by atoms with Crippen LogP contribution in [0.15, 0.2) is 27.8 Å². The zero-order chi connectivity index (χ0) is 14.5. The monoisotopic (exact) mass is 308 g/mol. The fraction of sp³-hybridized carbons (Fsp3) is 0.357. The van der Waals surface area contributed by atoms with Gasteiger partial charge >= 0.3 is 0 Å². The fourth-order valence-corrected chi connectivity index (χ4v) is 2.64. The van der Waals surface area contributed by atoms with Crippen LogP contribution in [0.3, 0.4) is 0 Å².